The van der Waals surface area contributed by atoms with Gasteiger partial charge < -0.3 is 9.19 Å². The van der Waals surface area contributed by atoms with Gasteiger partial charge in [-0.15, -0.1) is 0 Å². The molecule has 0 heterocycles. The highest BCUT2D eigenvalue weighted by Crippen LogP contribution is 2.21. The maximum Gasteiger partial charge on any atom is 0.104 e. The fourth-order valence-electron chi connectivity index (χ4n) is 3.52. The third kappa shape index (κ3) is 5.53. The smallest absolute Gasteiger partial charge is 0.104 e. The molecule has 0 bridgehead atoms. The molecule has 0 spiro atoms. The Morgan fingerprint density at radius 3 is 1.31 bits per heavy atom. The van der Waals surface area contributed by atoms with Crippen LogP contribution in [0.4, 0.5) is 0 Å². The van der Waals surface area contributed by atoms with Crippen molar-refractivity contribution in [3.05, 3.63) is 108 Å². The van der Waals surface area contributed by atoms with Crippen molar-refractivity contribution in [1.29, 1.82) is 0 Å². The van der Waals surface area contributed by atoms with E-state index in [1.807, 2.05) is 0 Å². The average Bonchev–Trinajstić information content (AvgIpc) is 2.63. The number of rotatable bonds is 7. The van der Waals surface area contributed by atoms with E-state index in [1.54, 1.807) is 0 Å². The molecule has 0 aliphatic rings. The summed E-state index contributed by atoms with van der Waals surface area (Å²) in [5, 5.41) is 0. The van der Waals surface area contributed by atoms with Crippen LogP contribution in [0, 0.1) is 0 Å². The Labute approximate surface area is 156 Å². The van der Waals surface area contributed by atoms with Crippen molar-refractivity contribution in [2.24, 2.45) is 0 Å². The van der Waals surface area contributed by atoms with Crippen LogP contribution in [0.25, 0.3) is 0 Å². The molecule has 0 fully saturated rings. The quantitative estimate of drug-likeness (QED) is 0.573. The molecule has 3 aromatic rings. The first-order chi connectivity index (χ1) is 12.1. The molecule has 0 N–H and O–H groups in total. The molecule has 0 saturated carbocycles. The first-order valence-corrected chi connectivity index (χ1v) is 9.08. The first-order valence-electron chi connectivity index (χ1n) is 9.08. The van der Waals surface area contributed by atoms with Gasteiger partial charge in [0.15, 0.2) is 0 Å². The Balaban J connectivity index is 0.00000243. The van der Waals surface area contributed by atoms with Crippen molar-refractivity contribution in [3.63, 3.8) is 0 Å². The summed E-state index contributed by atoms with van der Waals surface area (Å²) in [5.74, 6) is 0. The van der Waals surface area contributed by atoms with Gasteiger partial charge >= 0.3 is 0 Å². The monoisotopic (exact) mass is 349 g/mol. The lowest BCUT2D eigenvalue weighted by Gasteiger charge is -2.39. The third-order valence-electron chi connectivity index (χ3n) is 5.05. The van der Waals surface area contributed by atoms with Crippen molar-refractivity contribution in [1.82, 2.24) is 0 Å². The zero-order chi connectivity index (χ0) is 17.5. The van der Waals surface area contributed by atoms with E-state index >= 15 is 0 Å². The topological polar surface area (TPSA) is 0 Å². The zero-order valence-corrected chi connectivity index (χ0v) is 15.7. The van der Waals surface area contributed by atoms with Crippen molar-refractivity contribution < 1.29 is 9.19 Å². The predicted molar refractivity (Wildman–Crippen MR) is 106 cm³/mol. The summed E-state index contributed by atoms with van der Waals surface area (Å²) >= 11 is 0. The second-order valence-corrected chi connectivity index (χ2v) is 7.46. The molecular formula is C24H28FN. The Hall–Kier alpha value is -2.45. The van der Waals surface area contributed by atoms with Crippen molar-refractivity contribution in [2.75, 3.05) is 14.1 Å². The predicted octanol–water partition coefficient (Wildman–Crippen LogP) is 2.12. The molecule has 0 atom stereocenters. The van der Waals surface area contributed by atoms with Gasteiger partial charge in [-0.3, -0.25) is 0 Å². The Bertz CT molecular complexity index is 712. The number of quaternary nitrogens is 1. The molecule has 0 saturated heterocycles. The van der Waals surface area contributed by atoms with E-state index in [4.69, 9.17) is 0 Å². The molecule has 0 aromatic heterocycles. The van der Waals surface area contributed by atoms with Crippen molar-refractivity contribution in [3.8, 4) is 0 Å². The van der Waals surface area contributed by atoms with Crippen molar-refractivity contribution in [2.45, 2.75) is 25.4 Å². The van der Waals surface area contributed by atoms with E-state index in [0.29, 0.717) is 6.04 Å². The van der Waals surface area contributed by atoms with Gasteiger partial charge in [0, 0.05) is 18.4 Å². The summed E-state index contributed by atoms with van der Waals surface area (Å²) < 4.78 is 0.980. The molecule has 3 rings (SSSR count). The number of likely N-dealkylation sites (N-methyl/N-ethyl adjacent to an activating group) is 1. The molecule has 0 aliphatic carbocycles. The average molecular weight is 349 g/mol. The fraction of sp³-hybridized carbons (Fsp3) is 0.250. The minimum absolute atomic E-state index is 0. The summed E-state index contributed by atoms with van der Waals surface area (Å²) in [6.45, 7) is 1.05. The van der Waals surface area contributed by atoms with Crippen molar-refractivity contribution >= 4 is 0 Å². The minimum Gasteiger partial charge on any atom is -1.00 e. The van der Waals surface area contributed by atoms with Crippen LogP contribution in [0.3, 0.4) is 0 Å². The lowest BCUT2D eigenvalue weighted by molar-refractivity contribution is -0.927. The standard InChI is InChI=1S/C24H28N.FH/c1-25(2,20-23-16-10-5-11-17-23)24(18-21-12-6-3-7-13-21)19-22-14-8-4-9-15-22;/h3-17,24H,18-20H2,1-2H3;1H/q+1;/p-1. The van der Waals surface area contributed by atoms with Crippen LogP contribution >= 0.6 is 0 Å². The van der Waals surface area contributed by atoms with E-state index in [2.05, 4.69) is 105 Å². The molecule has 2 heteroatoms. The molecule has 136 valence electrons. The van der Waals surface area contributed by atoms with Crippen LogP contribution < -0.4 is 4.70 Å². The van der Waals surface area contributed by atoms with E-state index < -0.39 is 0 Å². The van der Waals surface area contributed by atoms with Gasteiger partial charge in [-0.2, -0.15) is 0 Å². The summed E-state index contributed by atoms with van der Waals surface area (Å²) in [7, 11) is 4.73. The van der Waals surface area contributed by atoms with Crippen LogP contribution in [-0.2, 0) is 19.4 Å². The van der Waals surface area contributed by atoms with Gasteiger partial charge in [0.1, 0.15) is 6.54 Å². The van der Waals surface area contributed by atoms with Gasteiger partial charge in [0.25, 0.3) is 0 Å². The van der Waals surface area contributed by atoms with Gasteiger partial charge in [-0.1, -0.05) is 91.0 Å². The largest absolute Gasteiger partial charge is 1.00 e. The van der Waals surface area contributed by atoms with Gasteiger partial charge in [-0.05, 0) is 11.1 Å². The minimum atomic E-state index is 0. The normalized spacial score (nSPS) is 11.2. The maximum atomic E-state index is 2.36. The summed E-state index contributed by atoms with van der Waals surface area (Å²) in [5.41, 5.74) is 4.24. The van der Waals surface area contributed by atoms with Crippen LogP contribution in [0.2, 0.25) is 0 Å². The molecule has 0 aliphatic heterocycles. The van der Waals surface area contributed by atoms with Crippen LogP contribution in [0.15, 0.2) is 91.0 Å². The highest BCUT2D eigenvalue weighted by Gasteiger charge is 2.29. The van der Waals surface area contributed by atoms with Gasteiger partial charge in [0.05, 0.1) is 20.1 Å². The molecule has 0 unspecified atom stereocenters. The molecule has 1 nitrogen and oxygen atoms in total. The Morgan fingerprint density at radius 1 is 0.577 bits per heavy atom. The summed E-state index contributed by atoms with van der Waals surface area (Å²) in [4.78, 5) is 0. The molecular weight excluding hydrogens is 321 g/mol. The van der Waals surface area contributed by atoms with Crippen LogP contribution in [0.1, 0.15) is 16.7 Å². The van der Waals surface area contributed by atoms with Gasteiger partial charge in [0.2, 0.25) is 0 Å². The number of halogens is 1. The lowest BCUT2D eigenvalue weighted by atomic mass is 9.95. The van der Waals surface area contributed by atoms with E-state index in [9.17, 15) is 0 Å². The molecule has 0 radical (unpaired) electrons. The summed E-state index contributed by atoms with van der Waals surface area (Å²) in [6, 6.07) is 33.2. The highest BCUT2D eigenvalue weighted by molar-refractivity contribution is 5.19. The SMILES string of the molecule is C[N+](C)(Cc1ccccc1)C(Cc1ccccc1)Cc1ccccc1.[F-]. The van der Waals surface area contributed by atoms with Gasteiger partial charge in [-0.25, -0.2) is 0 Å². The van der Waals surface area contributed by atoms with E-state index in [1.165, 1.54) is 16.7 Å². The lowest BCUT2D eigenvalue weighted by Crippen LogP contribution is -3.00. The Morgan fingerprint density at radius 2 is 0.923 bits per heavy atom. The summed E-state index contributed by atoms with van der Waals surface area (Å²) in [6.07, 6.45) is 2.19. The number of benzene rings is 3. The zero-order valence-electron chi connectivity index (χ0n) is 15.7. The number of hydrogen-bond acceptors (Lipinski definition) is 0. The van der Waals surface area contributed by atoms with Crippen LogP contribution in [0.5, 0.6) is 0 Å². The van der Waals surface area contributed by atoms with Crippen LogP contribution in [-0.4, -0.2) is 24.6 Å². The first kappa shape index (κ1) is 19.9. The van der Waals surface area contributed by atoms with E-state index in [0.717, 1.165) is 23.9 Å². The van der Waals surface area contributed by atoms with E-state index in [-0.39, 0.29) is 4.70 Å². The second-order valence-electron chi connectivity index (χ2n) is 7.46. The fourth-order valence-corrected chi connectivity index (χ4v) is 3.52. The Kier molecular flexibility index (Phi) is 7.11. The number of nitrogens with zero attached hydrogens (tertiary/aromatic N) is 1. The molecule has 0 amide bonds. The number of hydrogen-bond donors (Lipinski definition) is 0. The third-order valence-corrected chi connectivity index (χ3v) is 5.05. The second kappa shape index (κ2) is 9.30. The molecule has 3 aromatic carbocycles. The highest BCUT2D eigenvalue weighted by atomic mass is 19.0. The molecule has 26 heavy (non-hydrogen) atoms. The maximum absolute atomic E-state index is 2.36.